The summed E-state index contributed by atoms with van der Waals surface area (Å²) in [5.74, 6) is 0.572. The first-order valence-electron chi connectivity index (χ1n) is 7.95. The average Bonchev–Trinajstić information content (AvgIpc) is 3.10. The molecule has 1 atom stereocenters. The molecule has 6 heteroatoms. The number of nitrogens with zero attached hydrogens (tertiary/aromatic N) is 2. The largest absolute Gasteiger partial charge is 0.497 e. The van der Waals surface area contributed by atoms with Gasteiger partial charge in [0, 0.05) is 6.42 Å². The zero-order valence-corrected chi connectivity index (χ0v) is 14.9. The van der Waals surface area contributed by atoms with Gasteiger partial charge in [0.05, 0.1) is 29.4 Å². The van der Waals surface area contributed by atoms with E-state index in [-0.39, 0.29) is 11.3 Å². The molecule has 0 N–H and O–H groups in total. The van der Waals surface area contributed by atoms with Crippen molar-refractivity contribution in [3.63, 3.8) is 0 Å². The van der Waals surface area contributed by atoms with E-state index in [0.29, 0.717) is 16.9 Å². The molecule has 5 nitrogen and oxygen atoms in total. The smallest absolute Gasteiger partial charge is 0.184 e. The van der Waals surface area contributed by atoms with Crippen molar-refractivity contribution in [2.45, 2.75) is 16.6 Å². The lowest BCUT2D eigenvalue weighted by molar-refractivity contribution is 0.414. The second-order valence-corrected chi connectivity index (χ2v) is 8.21. The molecule has 0 saturated carbocycles. The number of ether oxygens (including phenoxy) is 1. The molecule has 0 bridgehead atoms. The number of nitriles is 2. The zero-order valence-electron chi connectivity index (χ0n) is 14.1. The Hall–Kier alpha value is -3.09. The third-order valence-corrected chi connectivity index (χ3v) is 6.58. The van der Waals surface area contributed by atoms with E-state index in [1.807, 2.05) is 12.1 Å². The summed E-state index contributed by atoms with van der Waals surface area (Å²) in [7, 11) is -2.18. The lowest BCUT2D eigenvalue weighted by atomic mass is 9.81. The van der Waals surface area contributed by atoms with Gasteiger partial charge in [-0.05, 0) is 35.4 Å². The Bertz CT molecular complexity index is 1030. The molecule has 0 aliphatic heterocycles. The van der Waals surface area contributed by atoms with Gasteiger partial charge in [-0.1, -0.05) is 36.4 Å². The first kappa shape index (κ1) is 17.7. The average molecular weight is 364 g/mol. The van der Waals surface area contributed by atoms with Crippen LogP contribution in [0.15, 0.2) is 65.6 Å². The minimum Gasteiger partial charge on any atom is -0.497 e. The maximum atomic E-state index is 13.0. The zero-order chi connectivity index (χ0) is 18.8. The lowest BCUT2D eigenvalue weighted by Crippen LogP contribution is -2.23. The van der Waals surface area contributed by atoms with Gasteiger partial charge in [-0.3, -0.25) is 0 Å². The van der Waals surface area contributed by atoms with Crippen LogP contribution in [0.1, 0.15) is 12.0 Å². The molecule has 0 amide bonds. The number of methoxy groups -OCH3 is 1. The van der Waals surface area contributed by atoms with Crippen LogP contribution in [0.2, 0.25) is 0 Å². The predicted molar refractivity (Wildman–Crippen MR) is 96.7 cm³/mol. The van der Waals surface area contributed by atoms with Crippen LogP contribution >= 0.6 is 0 Å². The number of benzene rings is 2. The normalized spacial score (nSPS) is 18.4. The molecule has 0 heterocycles. The van der Waals surface area contributed by atoms with Crippen molar-refractivity contribution in [1.29, 1.82) is 10.5 Å². The molecule has 1 aliphatic carbocycles. The molecule has 1 unspecified atom stereocenters. The number of allylic oxidation sites excluding steroid dienone is 1. The summed E-state index contributed by atoms with van der Waals surface area (Å²) >= 11 is 0. The van der Waals surface area contributed by atoms with Crippen molar-refractivity contribution in [3.8, 4) is 17.9 Å². The maximum absolute atomic E-state index is 13.0. The van der Waals surface area contributed by atoms with E-state index in [4.69, 9.17) is 4.74 Å². The van der Waals surface area contributed by atoms with E-state index in [9.17, 15) is 18.9 Å². The predicted octanol–water partition coefficient (Wildman–Crippen LogP) is 3.36. The number of hydrogen-bond acceptors (Lipinski definition) is 5. The topological polar surface area (TPSA) is 90.9 Å². The van der Waals surface area contributed by atoms with Gasteiger partial charge < -0.3 is 4.74 Å². The maximum Gasteiger partial charge on any atom is 0.184 e. The minimum absolute atomic E-state index is 0.0935. The fraction of sp³-hybridized carbons (Fsp3) is 0.200. The van der Waals surface area contributed by atoms with Gasteiger partial charge in [0.25, 0.3) is 0 Å². The van der Waals surface area contributed by atoms with Crippen LogP contribution in [0.25, 0.3) is 5.57 Å². The first-order chi connectivity index (χ1) is 12.5. The molecular formula is C20H16N2O3S. The summed E-state index contributed by atoms with van der Waals surface area (Å²) in [6.07, 6.45) is 1.44. The molecule has 1 aliphatic rings. The molecule has 0 spiro atoms. The van der Waals surface area contributed by atoms with E-state index in [0.717, 1.165) is 0 Å². The van der Waals surface area contributed by atoms with Gasteiger partial charge in [0.2, 0.25) is 0 Å². The first-order valence-corrected chi connectivity index (χ1v) is 9.49. The molecule has 0 fully saturated rings. The second kappa shape index (κ2) is 6.67. The van der Waals surface area contributed by atoms with Gasteiger partial charge in [-0.25, -0.2) is 8.42 Å². The highest BCUT2D eigenvalue weighted by Crippen LogP contribution is 2.47. The van der Waals surface area contributed by atoms with Crippen LogP contribution in [0.4, 0.5) is 0 Å². The number of sulfone groups is 1. The van der Waals surface area contributed by atoms with Crippen LogP contribution in [-0.4, -0.2) is 20.8 Å². The van der Waals surface area contributed by atoms with Crippen molar-refractivity contribution in [2.75, 3.05) is 7.11 Å². The van der Waals surface area contributed by atoms with Gasteiger partial charge in [0.1, 0.15) is 5.75 Å². The summed E-state index contributed by atoms with van der Waals surface area (Å²) in [6.45, 7) is 0. The molecule has 2 aromatic rings. The van der Waals surface area contributed by atoms with E-state index in [1.165, 1.54) is 25.3 Å². The standard InChI is InChI=1S/C20H16N2O3S/c1-25-16-7-5-6-15(10-16)19-11-18(12-20(19,13-21)14-22)26(23,24)17-8-3-2-4-9-17/h2-11,18H,12H2,1H3. The van der Waals surface area contributed by atoms with Crippen molar-refractivity contribution < 1.29 is 13.2 Å². The van der Waals surface area contributed by atoms with Crippen LogP contribution < -0.4 is 4.74 Å². The Balaban J connectivity index is 2.13. The second-order valence-electron chi connectivity index (χ2n) is 6.04. The third-order valence-electron chi connectivity index (χ3n) is 4.55. The minimum atomic E-state index is -3.70. The number of rotatable bonds is 4. The summed E-state index contributed by atoms with van der Waals surface area (Å²) in [5.41, 5.74) is -0.497. The van der Waals surface area contributed by atoms with Crippen LogP contribution in [0.3, 0.4) is 0 Å². The van der Waals surface area contributed by atoms with E-state index >= 15 is 0 Å². The number of hydrogen-bond donors (Lipinski definition) is 0. The highest BCUT2D eigenvalue weighted by molar-refractivity contribution is 7.92. The molecule has 2 aromatic carbocycles. The Labute approximate surface area is 152 Å². The quantitative estimate of drug-likeness (QED) is 0.829. The van der Waals surface area contributed by atoms with Crippen LogP contribution in [0, 0.1) is 28.1 Å². The Kier molecular flexibility index (Phi) is 4.54. The van der Waals surface area contributed by atoms with E-state index < -0.39 is 20.5 Å². The highest BCUT2D eigenvalue weighted by atomic mass is 32.2. The highest BCUT2D eigenvalue weighted by Gasteiger charge is 2.47. The fourth-order valence-corrected chi connectivity index (χ4v) is 4.82. The van der Waals surface area contributed by atoms with Crippen molar-refractivity contribution in [1.82, 2.24) is 0 Å². The molecule has 26 heavy (non-hydrogen) atoms. The van der Waals surface area contributed by atoms with Crippen molar-refractivity contribution >= 4 is 15.4 Å². The third kappa shape index (κ3) is 2.85. The molecule has 0 radical (unpaired) electrons. The SMILES string of the molecule is COc1cccc(C2=CC(S(=O)(=O)c3ccccc3)CC2(C#N)C#N)c1. The Morgan fingerprint density at radius 1 is 1.08 bits per heavy atom. The summed E-state index contributed by atoms with van der Waals surface area (Å²) in [4.78, 5) is 0.179. The molecular weight excluding hydrogens is 348 g/mol. The van der Waals surface area contributed by atoms with Crippen LogP contribution in [0.5, 0.6) is 5.75 Å². The van der Waals surface area contributed by atoms with E-state index in [2.05, 4.69) is 0 Å². The lowest BCUT2D eigenvalue weighted by Gasteiger charge is -2.18. The summed E-state index contributed by atoms with van der Waals surface area (Å²) < 4.78 is 31.1. The van der Waals surface area contributed by atoms with Gasteiger partial charge in [0.15, 0.2) is 15.3 Å². The van der Waals surface area contributed by atoms with Gasteiger partial charge in [-0.15, -0.1) is 0 Å². The van der Waals surface area contributed by atoms with Crippen molar-refractivity contribution in [3.05, 3.63) is 66.2 Å². The van der Waals surface area contributed by atoms with Gasteiger partial charge >= 0.3 is 0 Å². The van der Waals surface area contributed by atoms with Crippen LogP contribution in [-0.2, 0) is 9.84 Å². The Morgan fingerprint density at radius 3 is 2.38 bits per heavy atom. The molecule has 3 rings (SSSR count). The summed E-state index contributed by atoms with van der Waals surface area (Å²) in [5, 5.41) is 18.4. The summed E-state index contributed by atoms with van der Waals surface area (Å²) in [6, 6.07) is 19.1. The Morgan fingerprint density at radius 2 is 1.77 bits per heavy atom. The molecule has 0 aromatic heterocycles. The molecule has 0 saturated heterocycles. The monoisotopic (exact) mass is 364 g/mol. The van der Waals surface area contributed by atoms with Gasteiger partial charge in [-0.2, -0.15) is 10.5 Å². The molecule has 130 valence electrons. The van der Waals surface area contributed by atoms with Crippen molar-refractivity contribution in [2.24, 2.45) is 5.41 Å². The van der Waals surface area contributed by atoms with E-state index in [1.54, 1.807) is 42.5 Å². The fourth-order valence-electron chi connectivity index (χ4n) is 3.15.